The molecule has 3 unspecified atom stereocenters. The summed E-state index contributed by atoms with van der Waals surface area (Å²) in [4.78, 5) is 38.5. The second-order valence-electron chi connectivity index (χ2n) is 7.26. The number of aromatic nitrogens is 2. The molecule has 2 aromatic rings. The van der Waals surface area contributed by atoms with Gasteiger partial charge in [-0.05, 0) is 19.1 Å². The van der Waals surface area contributed by atoms with Crippen molar-refractivity contribution in [1.82, 2.24) is 9.55 Å². The molecule has 12 nitrogen and oxygen atoms in total. The Morgan fingerprint density at radius 2 is 1.88 bits per heavy atom. The van der Waals surface area contributed by atoms with Crippen LogP contribution in [0.4, 0.5) is 0 Å². The minimum absolute atomic E-state index is 0.0737. The third kappa shape index (κ3) is 3.75. The Morgan fingerprint density at radius 1 is 1.09 bits per heavy atom. The van der Waals surface area contributed by atoms with Crippen LogP contribution in [-0.4, -0.2) is 54.0 Å². The second-order valence-corrected chi connectivity index (χ2v) is 8.33. The summed E-state index contributed by atoms with van der Waals surface area (Å²) in [7, 11) is -0.588. The third-order valence-corrected chi connectivity index (χ3v) is 6.24. The van der Waals surface area contributed by atoms with Crippen molar-refractivity contribution in [2.75, 3.05) is 13.7 Å². The van der Waals surface area contributed by atoms with Gasteiger partial charge < -0.3 is 28.0 Å². The van der Waals surface area contributed by atoms with Crippen molar-refractivity contribution in [2.45, 2.75) is 37.9 Å². The monoisotopic (exact) mass is 466 g/mol. The minimum atomic E-state index is -2.00. The summed E-state index contributed by atoms with van der Waals surface area (Å²) in [6.45, 7) is 0.538. The smallest absolute Gasteiger partial charge is 0.417 e. The molecule has 1 aromatic heterocycles. The molecule has 32 heavy (non-hydrogen) atoms. The van der Waals surface area contributed by atoms with E-state index < -0.39 is 56.8 Å². The maximum Gasteiger partial charge on any atom is 0.465 e. The van der Waals surface area contributed by atoms with Crippen LogP contribution in [0, 0.1) is 6.92 Å². The van der Waals surface area contributed by atoms with Crippen molar-refractivity contribution in [3.05, 3.63) is 62.4 Å². The van der Waals surface area contributed by atoms with E-state index in [0.717, 1.165) is 0 Å². The predicted molar refractivity (Wildman–Crippen MR) is 106 cm³/mol. The lowest BCUT2D eigenvalue weighted by atomic mass is 10.1. The van der Waals surface area contributed by atoms with Gasteiger partial charge in [-0.3, -0.25) is 18.9 Å². The first-order valence-corrected chi connectivity index (χ1v) is 10.8. The zero-order chi connectivity index (χ0) is 22.4. The molecule has 0 saturated carbocycles. The maximum absolute atomic E-state index is 12.4. The van der Waals surface area contributed by atoms with Gasteiger partial charge >= 0.3 is 20.3 Å². The molecule has 13 heteroatoms. The lowest BCUT2D eigenvalue weighted by Crippen LogP contribution is -2.37. The number of benzene rings is 1. The highest BCUT2D eigenvalue weighted by molar-refractivity contribution is 7.43. The predicted octanol–water partition coefficient (Wildman–Crippen LogP) is 0.949. The zero-order valence-electron chi connectivity index (χ0n) is 17.0. The number of carbonyl (C=O) groups is 1. The number of aryl methyl sites for hydroxylation is 1. The van der Waals surface area contributed by atoms with Crippen LogP contribution in [0.1, 0.15) is 22.1 Å². The van der Waals surface area contributed by atoms with Crippen molar-refractivity contribution in [2.24, 2.45) is 0 Å². The van der Waals surface area contributed by atoms with Gasteiger partial charge in [0.15, 0.2) is 6.23 Å². The highest BCUT2D eigenvalue weighted by atomic mass is 31.2. The average molecular weight is 466 g/mol. The Kier molecular flexibility index (Phi) is 5.58. The molecular formula is C19H19N2O10P. The summed E-state index contributed by atoms with van der Waals surface area (Å²) < 4.78 is 40.3. The van der Waals surface area contributed by atoms with Gasteiger partial charge in [-0.1, -0.05) is 12.1 Å². The summed E-state index contributed by atoms with van der Waals surface area (Å²) in [6.07, 6.45) is -1.57. The summed E-state index contributed by atoms with van der Waals surface area (Å²) in [5, 5.41) is 0. The van der Waals surface area contributed by atoms with Crippen LogP contribution in [0.15, 0.2) is 40.1 Å². The van der Waals surface area contributed by atoms with E-state index in [1.807, 2.05) is 0 Å². The third-order valence-electron chi connectivity index (χ3n) is 5.22. The fraction of sp³-hybridized carbons (Fsp3) is 0.421. The quantitative estimate of drug-likeness (QED) is 0.634. The van der Waals surface area contributed by atoms with Gasteiger partial charge in [-0.2, -0.15) is 0 Å². The van der Waals surface area contributed by atoms with Crippen molar-refractivity contribution >= 4 is 14.6 Å². The second kappa shape index (κ2) is 8.39. The molecule has 2 saturated heterocycles. The van der Waals surface area contributed by atoms with Crippen LogP contribution in [0.25, 0.3) is 0 Å². The molecule has 4 heterocycles. The highest BCUT2D eigenvalue weighted by Gasteiger charge is 2.54. The molecule has 0 bridgehead atoms. The van der Waals surface area contributed by atoms with Gasteiger partial charge in [-0.15, -0.1) is 0 Å². The Morgan fingerprint density at radius 3 is 2.69 bits per heavy atom. The van der Waals surface area contributed by atoms with Crippen LogP contribution in [-0.2, 0) is 28.0 Å². The number of para-hydroxylation sites is 1. The van der Waals surface area contributed by atoms with Crippen LogP contribution < -0.4 is 15.8 Å². The van der Waals surface area contributed by atoms with Crippen molar-refractivity contribution in [3.63, 3.8) is 0 Å². The lowest BCUT2D eigenvalue weighted by molar-refractivity contribution is -0.256. The molecule has 170 valence electrons. The average Bonchev–Trinajstić information content (AvgIpc) is 3.34. The summed E-state index contributed by atoms with van der Waals surface area (Å²) in [5.41, 5.74) is -0.494. The van der Waals surface area contributed by atoms with Crippen LogP contribution in [0.5, 0.6) is 5.75 Å². The molecule has 1 aromatic carbocycles. The van der Waals surface area contributed by atoms with E-state index in [1.54, 1.807) is 31.2 Å². The first-order chi connectivity index (χ1) is 15.4. The van der Waals surface area contributed by atoms with Crippen molar-refractivity contribution in [3.8, 4) is 5.75 Å². The van der Waals surface area contributed by atoms with Gasteiger partial charge in [0.2, 0.25) is 0 Å². The fourth-order valence-electron chi connectivity index (χ4n) is 3.67. The van der Waals surface area contributed by atoms with Crippen LogP contribution in [0.2, 0.25) is 0 Å². The van der Waals surface area contributed by atoms with Crippen molar-refractivity contribution in [1.29, 1.82) is 0 Å². The minimum Gasteiger partial charge on any atom is -0.417 e. The molecule has 2 fully saturated rings. The number of nitrogens with one attached hydrogen (secondary N) is 1. The lowest BCUT2D eigenvalue weighted by Gasteiger charge is -2.24. The number of aromatic amines is 1. The first-order valence-electron chi connectivity index (χ1n) is 9.68. The number of H-pyrrole nitrogens is 1. The molecule has 3 aliphatic rings. The van der Waals surface area contributed by atoms with E-state index in [-0.39, 0.29) is 6.61 Å². The zero-order valence-corrected chi connectivity index (χ0v) is 17.9. The Balaban J connectivity index is 1.34. The molecule has 0 amide bonds. The Hall–Kier alpha value is -2.60. The van der Waals surface area contributed by atoms with Gasteiger partial charge in [0, 0.05) is 18.9 Å². The van der Waals surface area contributed by atoms with E-state index in [0.29, 0.717) is 16.9 Å². The van der Waals surface area contributed by atoms with Gasteiger partial charge in [0.05, 0.1) is 6.61 Å². The van der Waals surface area contributed by atoms with E-state index in [2.05, 4.69) is 4.98 Å². The number of rotatable bonds is 5. The number of methoxy groups -OCH3 is 1. The van der Waals surface area contributed by atoms with E-state index in [1.165, 1.54) is 17.9 Å². The SMILES string of the molecule is COC1OC2[C@@H](O1)[C@@H](COP1OC(=O)c3ccccc3O1)O[C@H]2n1cc(C)c(=O)[nH]c1=O. The van der Waals surface area contributed by atoms with E-state index >= 15 is 0 Å². The summed E-state index contributed by atoms with van der Waals surface area (Å²) in [5.74, 6) is -0.177. The highest BCUT2D eigenvalue weighted by Crippen LogP contribution is 2.48. The van der Waals surface area contributed by atoms with E-state index in [9.17, 15) is 14.4 Å². The molecule has 0 aliphatic carbocycles. The molecule has 3 aliphatic heterocycles. The summed E-state index contributed by atoms with van der Waals surface area (Å²) in [6, 6.07) is 6.68. The fourth-order valence-corrected chi connectivity index (χ4v) is 4.63. The number of hydrogen-bond donors (Lipinski definition) is 1. The number of hydrogen-bond acceptors (Lipinski definition) is 10. The van der Waals surface area contributed by atoms with Gasteiger partial charge in [0.1, 0.15) is 29.6 Å². The van der Waals surface area contributed by atoms with E-state index in [4.69, 9.17) is 32.5 Å². The van der Waals surface area contributed by atoms with Gasteiger partial charge in [0.25, 0.3) is 12.0 Å². The standard InChI is InChI=1S/C19H19N2O10P/c1-9-7-21(18(24)20-15(9)22)16-14-13(28-19(25-2)29-14)12(27-16)8-26-32-30-11-6-4-3-5-10(11)17(23)31-32/h3-7,12-14,16,19H,8H2,1-2H3,(H,20,22,24)/t12-,13+,14?,16-,19?,32?/m1/s1. The number of fused-ring (bicyclic) bond motifs is 2. The topological polar surface area (TPSA) is 137 Å². The first kappa shape index (κ1) is 21.3. The maximum atomic E-state index is 12.4. The number of carbonyl (C=O) groups excluding carboxylic acids is 1. The summed E-state index contributed by atoms with van der Waals surface area (Å²) >= 11 is 0. The van der Waals surface area contributed by atoms with Crippen LogP contribution >= 0.6 is 8.60 Å². The Bertz CT molecular complexity index is 1150. The molecule has 1 N–H and O–H groups in total. The molecular weight excluding hydrogens is 447 g/mol. The number of nitrogens with zero attached hydrogens (tertiary/aromatic N) is 1. The Labute approximate surface area is 181 Å². The van der Waals surface area contributed by atoms with Gasteiger partial charge in [-0.25, -0.2) is 9.59 Å². The van der Waals surface area contributed by atoms with Crippen LogP contribution in [0.3, 0.4) is 0 Å². The molecule has 0 radical (unpaired) electrons. The van der Waals surface area contributed by atoms with Crippen molar-refractivity contribution < 1.29 is 37.3 Å². The normalized spacial score (nSPS) is 31.0. The number of ether oxygens (including phenoxy) is 4. The largest absolute Gasteiger partial charge is 0.465 e. The molecule has 6 atom stereocenters. The molecule has 5 rings (SSSR count). The molecule has 0 spiro atoms.